The van der Waals surface area contributed by atoms with Gasteiger partial charge in [0.15, 0.2) is 5.78 Å². The molecule has 2 nitrogen and oxygen atoms in total. The third kappa shape index (κ3) is 6.09. The highest BCUT2D eigenvalue weighted by molar-refractivity contribution is 5.96. The number of hydrogen-bond donors (Lipinski definition) is 0. The van der Waals surface area contributed by atoms with Crippen molar-refractivity contribution in [1.82, 2.24) is 0 Å². The third-order valence-corrected chi connectivity index (χ3v) is 5.67. The van der Waals surface area contributed by atoms with Gasteiger partial charge in [-0.05, 0) is 50.0 Å². The largest absolute Gasteiger partial charge is 0.299 e. The van der Waals surface area contributed by atoms with Crippen molar-refractivity contribution < 1.29 is 9.59 Å². The molecule has 0 radical (unpaired) electrons. The third-order valence-electron chi connectivity index (χ3n) is 5.67. The molecule has 0 aromatic heterocycles. The summed E-state index contributed by atoms with van der Waals surface area (Å²) < 4.78 is 0. The summed E-state index contributed by atoms with van der Waals surface area (Å²) >= 11 is 0. The Morgan fingerprint density at radius 1 is 0.840 bits per heavy atom. The van der Waals surface area contributed by atoms with Crippen LogP contribution in [-0.2, 0) is 4.79 Å². The standard InChI is InChI=1S/C23H34O2/c1-3-5-7-9-23(25)21-16-12-19(13-17-21)18-10-14-20(15-11-18)22(24)8-6-4-2/h12-13,16-18,20H,3-11,14-15H2,1-2H3. The van der Waals surface area contributed by atoms with Crippen LogP contribution in [0, 0.1) is 5.92 Å². The minimum Gasteiger partial charge on any atom is -0.299 e. The molecule has 0 atom stereocenters. The number of Topliss-reactive ketones (excluding diaryl/α,β-unsaturated/α-hetero) is 2. The molecule has 0 amide bonds. The van der Waals surface area contributed by atoms with E-state index in [1.54, 1.807) is 0 Å². The van der Waals surface area contributed by atoms with Gasteiger partial charge in [-0.3, -0.25) is 9.59 Å². The zero-order chi connectivity index (χ0) is 18.1. The number of carbonyl (C=O) groups excluding carboxylic acids is 2. The van der Waals surface area contributed by atoms with Gasteiger partial charge in [-0.25, -0.2) is 0 Å². The molecular formula is C23H34O2. The van der Waals surface area contributed by atoms with Crippen LogP contribution in [0.4, 0.5) is 0 Å². The normalized spacial score (nSPS) is 20.4. The number of unbranched alkanes of at least 4 members (excludes halogenated alkanes) is 3. The van der Waals surface area contributed by atoms with Crippen LogP contribution in [0.3, 0.4) is 0 Å². The van der Waals surface area contributed by atoms with Gasteiger partial charge in [-0.1, -0.05) is 57.4 Å². The van der Waals surface area contributed by atoms with E-state index in [2.05, 4.69) is 26.0 Å². The average molecular weight is 343 g/mol. The van der Waals surface area contributed by atoms with Crippen LogP contribution in [0.1, 0.15) is 106 Å². The van der Waals surface area contributed by atoms with Gasteiger partial charge in [-0.15, -0.1) is 0 Å². The van der Waals surface area contributed by atoms with Gasteiger partial charge >= 0.3 is 0 Å². The zero-order valence-corrected chi connectivity index (χ0v) is 16.1. The molecule has 0 N–H and O–H groups in total. The van der Waals surface area contributed by atoms with Crippen molar-refractivity contribution in [3.63, 3.8) is 0 Å². The highest BCUT2D eigenvalue weighted by Crippen LogP contribution is 2.36. The second-order valence-corrected chi connectivity index (χ2v) is 7.62. The lowest BCUT2D eigenvalue weighted by molar-refractivity contribution is -0.124. The van der Waals surface area contributed by atoms with E-state index in [1.165, 1.54) is 5.56 Å². The Balaban J connectivity index is 1.83. The summed E-state index contributed by atoms with van der Waals surface area (Å²) in [4.78, 5) is 24.4. The Bertz CT molecular complexity index is 536. The van der Waals surface area contributed by atoms with Gasteiger partial charge in [0.1, 0.15) is 5.78 Å². The maximum atomic E-state index is 12.2. The van der Waals surface area contributed by atoms with Crippen molar-refractivity contribution in [1.29, 1.82) is 0 Å². The van der Waals surface area contributed by atoms with Crippen LogP contribution in [-0.4, -0.2) is 11.6 Å². The first-order valence-electron chi connectivity index (χ1n) is 10.3. The summed E-state index contributed by atoms with van der Waals surface area (Å²) in [5, 5.41) is 0. The zero-order valence-electron chi connectivity index (χ0n) is 16.1. The molecule has 0 aliphatic heterocycles. The molecule has 138 valence electrons. The van der Waals surface area contributed by atoms with Gasteiger partial charge in [0, 0.05) is 24.3 Å². The van der Waals surface area contributed by atoms with E-state index < -0.39 is 0 Å². The molecule has 25 heavy (non-hydrogen) atoms. The fraction of sp³-hybridized carbons (Fsp3) is 0.652. The molecule has 1 aromatic rings. The molecular weight excluding hydrogens is 308 g/mol. The molecule has 1 aromatic carbocycles. The van der Waals surface area contributed by atoms with E-state index in [-0.39, 0.29) is 5.78 Å². The lowest BCUT2D eigenvalue weighted by atomic mass is 9.76. The second-order valence-electron chi connectivity index (χ2n) is 7.62. The number of carbonyl (C=O) groups is 2. The Labute approximate surface area is 153 Å². The number of benzene rings is 1. The minimum atomic E-state index is 0.269. The van der Waals surface area contributed by atoms with Crippen molar-refractivity contribution in [2.75, 3.05) is 0 Å². The first-order valence-corrected chi connectivity index (χ1v) is 10.3. The van der Waals surface area contributed by atoms with Crippen molar-refractivity contribution in [3.05, 3.63) is 35.4 Å². The van der Waals surface area contributed by atoms with Gasteiger partial charge in [0.25, 0.3) is 0 Å². The van der Waals surface area contributed by atoms with Gasteiger partial charge in [0.2, 0.25) is 0 Å². The predicted octanol–water partition coefficient (Wildman–Crippen LogP) is 6.48. The topological polar surface area (TPSA) is 34.1 Å². The molecule has 0 bridgehead atoms. The summed E-state index contributed by atoms with van der Waals surface area (Å²) in [6.07, 6.45) is 11.1. The quantitative estimate of drug-likeness (QED) is 0.360. The van der Waals surface area contributed by atoms with Gasteiger partial charge in [-0.2, -0.15) is 0 Å². The van der Waals surface area contributed by atoms with Crippen molar-refractivity contribution >= 4 is 11.6 Å². The Morgan fingerprint density at radius 2 is 1.48 bits per heavy atom. The van der Waals surface area contributed by atoms with Gasteiger partial charge in [0.05, 0.1) is 0 Å². The van der Waals surface area contributed by atoms with E-state index in [0.717, 1.165) is 69.8 Å². The number of rotatable bonds is 10. The summed E-state index contributed by atoms with van der Waals surface area (Å²) in [6, 6.07) is 8.28. The van der Waals surface area contributed by atoms with Crippen molar-refractivity contribution in [2.24, 2.45) is 5.92 Å². The van der Waals surface area contributed by atoms with E-state index in [9.17, 15) is 9.59 Å². The molecule has 1 saturated carbocycles. The first-order chi connectivity index (χ1) is 12.2. The van der Waals surface area contributed by atoms with E-state index in [0.29, 0.717) is 24.0 Å². The predicted molar refractivity (Wildman–Crippen MR) is 104 cm³/mol. The lowest BCUT2D eigenvalue weighted by Gasteiger charge is -2.28. The highest BCUT2D eigenvalue weighted by Gasteiger charge is 2.26. The highest BCUT2D eigenvalue weighted by atomic mass is 16.1. The minimum absolute atomic E-state index is 0.269. The second kappa shape index (κ2) is 10.5. The fourth-order valence-electron chi connectivity index (χ4n) is 3.92. The molecule has 2 heteroatoms. The Morgan fingerprint density at radius 3 is 2.08 bits per heavy atom. The fourth-order valence-corrected chi connectivity index (χ4v) is 3.92. The number of ketones is 2. The van der Waals surface area contributed by atoms with Gasteiger partial charge < -0.3 is 0 Å². The monoisotopic (exact) mass is 342 g/mol. The van der Waals surface area contributed by atoms with E-state index in [4.69, 9.17) is 0 Å². The summed E-state index contributed by atoms with van der Waals surface area (Å²) in [5.74, 6) is 1.60. The smallest absolute Gasteiger partial charge is 0.162 e. The van der Waals surface area contributed by atoms with Crippen LogP contribution >= 0.6 is 0 Å². The summed E-state index contributed by atoms with van der Waals surface area (Å²) in [5.41, 5.74) is 2.19. The summed E-state index contributed by atoms with van der Waals surface area (Å²) in [6.45, 7) is 4.30. The maximum absolute atomic E-state index is 12.2. The maximum Gasteiger partial charge on any atom is 0.162 e. The lowest BCUT2D eigenvalue weighted by Crippen LogP contribution is -2.21. The molecule has 1 fully saturated rings. The van der Waals surface area contributed by atoms with Crippen LogP contribution < -0.4 is 0 Å². The molecule has 0 heterocycles. The van der Waals surface area contributed by atoms with E-state index in [1.807, 2.05) is 12.1 Å². The van der Waals surface area contributed by atoms with Crippen molar-refractivity contribution in [3.8, 4) is 0 Å². The average Bonchev–Trinajstić information content (AvgIpc) is 2.66. The van der Waals surface area contributed by atoms with Crippen LogP contribution in [0.25, 0.3) is 0 Å². The van der Waals surface area contributed by atoms with Crippen LogP contribution in [0.2, 0.25) is 0 Å². The molecule has 1 aliphatic rings. The molecule has 2 rings (SSSR count). The van der Waals surface area contributed by atoms with Crippen LogP contribution in [0.5, 0.6) is 0 Å². The molecule has 0 spiro atoms. The van der Waals surface area contributed by atoms with E-state index >= 15 is 0 Å². The Kier molecular flexibility index (Phi) is 8.37. The summed E-state index contributed by atoms with van der Waals surface area (Å²) in [7, 11) is 0. The number of hydrogen-bond acceptors (Lipinski definition) is 2. The van der Waals surface area contributed by atoms with Crippen molar-refractivity contribution in [2.45, 2.75) is 90.4 Å². The Hall–Kier alpha value is -1.44. The molecule has 1 aliphatic carbocycles. The first kappa shape index (κ1) is 19.9. The molecule has 0 unspecified atom stereocenters. The molecule has 0 saturated heterocycles. The van der Waals surface area contributed by atoms with Crippen LogP contribution in [0.15, 0.2) is 24.3 Å². The SMILES string of the molecule is CCCCCC(=O)c1ccc(C2CCC(C(=O)CCCC)CC2)cc1.